The van der Waals surface area contributed by atoms with Crippen LogP contribution >= 0.6 is 0 Å². The lowest BCUT2D eigenvalue weighted by Crippen LogP contribution is -2.33. The number of nitrogens with one attached hydrogen (secondary N) is 1. The fourth-order valence-corrected chi connectivity index (χ4v) is 4.51. The smallest absolute Gasteiger partial charge is 0.257 e. The number of fused-ring (bicyclic) bond motifs is 2. The van der Waals surface area contributed by atoms with E-state index in [0.29, 0.717) is 29.1 Å². The highest BCUT2D eigenvalue weighted by Gasteiger charge is 2.27. The van der Waals surface area contributed by atoms with Crippen LogP contribution in [0.15, 0.2) is 54.6 Å². The number of amides is 1. The average Bonchev–Trinajstić information content (AvgIpc) is 3.43. The van der Waals surface area contributed by atoms with Crippen molar-refractivity contribution in [2.45, 2.75) is 51.3 Å². The van der Waals surface area contributed by atoms with Crippen LogP contribution in [0.2, 0.25) is 0 Å². The fourth-order valence-electron chi connectivity index (χ4n) is 4.51. The minimum Gasteiger partial charge on any atom is -0.384 e. The summed E-state index contributed by atoms with van der Waals surface area (Å²) in [7, 11) is 0. The molecule has 33 heavy (non-hydrogen) atoms. The predicted octanol–water partition coefficient (Wildman–Crippen LogP) is 4.10. The lowest BCUT2D eigenvalue weighted by molar-refractivity contribution is 0.0936. The molecule has 0 radical (unpaired) electrons. The Morgan fingerprint density at radius 3 is 2.61 bits per heavy atom. The summed E-state index contributed by atoms with van der Waals surface area (Å²) in [6.07, 6.45) is 3.79. The Morgan fingerprint density at radius 2 is 1.88 bits per heavy atom. The SMILES string of the molecule is C[C@H](CCc1ccccc1)NC(=O)c1c(N)n(C[C@@H]2CCCO2)c2nc3ccccc3nc12. The summed E-state index contributed by atoms with van der Waals surface area (Å²) < 4.78 is 7.73. The highest BCUT2D eigenvalue weighted by molar-refractivity contribution is 6.10. The maximum absolute atomic E-state index is 13.4. The van der Waals surface area contributed by atoms with Gasteiger partial charge in [-0.15, -0.1) is 0 Å². The average molecular weight is 444 g/mol. The Bertz CT molecular complexity index is 1280. The monoisotopic (exact) mass is 443 g/mol. The normalized spacial score (nSPS) is 16.9. The molecule has 4 aromatic rings. The Hall–Kier alpha value is -3.45. The quantitative estimate of drug-likeness (QED) is 0.448. The van der Waals surface area contributed by atoms with Crippen molar-refractivity contribution in [1.29, 1.82) is 0 Å². The predicted molar refractivity (Wildman–Crippen MR) is 130 cm³/mol. The van der Waals surface area contributed by atoms with Crippen LogP contribution in [0, 0.1) is 0 Å². The van der Waals surface area contributed by atoms with Crippen LogP contribution in [0.1, 0.15) is 42.1 Å². The second kappa shape index (κ2) is 9.19. The molecule has 0 unspecified atom stereocenters. The first-order chi connectivity index (χ1) is 16.1. The van der Waals surface area contributed by atoms with Crippen molar-refractivity contribution in [1.82, 2.24) is 19.9 Å². The van der Waals surface area contributed by atoms with Crippen LogP contribution in [0.4, 0.5) is 5.82 Å². The van der Waals surface area contributed by atoms with E-state index in [1.807, 2.05) is 54.0 Å². The number of anilines is 1. The van der Waals surface area contributed by atoms with Gasteiger partial charge in [0.05, 0.1) is 23.7 Å². The first-order valence-electron chi connectivity index (χ1n) is 11.6. The highest BCUT2D eigenvalue weighted by atomic mass is 16.5. The van der Waals surface area contributed by atoms with Gasteiger partial charge in [-0.25, -0.2) is 9.97 Å². The standard InChI is InChI=1S/C26H29N5O2/c1-17(13-14-18-8-3-2-4-9-18)28-26(32)22-23-25(30-21-12-6-5-11-20(21)29-23)31(24(22)27)16-19-10-7-15-33-19/h2-6,8-9,11-12,17,19H,7,10,13-16,27H2,1H3,(H,28,32)/t17-,19+/m1/s1. The molecule has 0 bridgehead atoms. The molecule has 7 heteroatoms. The maximum Gasteiger partial charge on any atom is 0.257 e. The van der Waals surface area contributed by atoms with E-state index in [1.165, 1.54) is 5.56 Å². The molecule has 5 rings (SSSR count). The van der Waals surface area contributed by atoms with Gasteiger partial charge in [-0.05, 0) is 50.3 Å². The zero-order chi connectivity index (χ0) is 22.8. The lowest BCUT2D eigenvalue weighted by atomic mass is 10.1. The molecule has 2 aromatic heterocycles. The van der Waals surface area contributed by atoms with E-state index in [2.05, 4.69) is 17.4 Å². The Balaban J connectivity index is 1.46. The number of aryl methyl sites for hydroxylation is 1. The number of hydrogen-bond donors (Lipinski definition) is 2. The molecule has 3 heterocycles. The van der Waals surface area contributed by atoms with Crippen LogP contribution in [0.25, 0.3) is 22.2 Å². The lowest BCUT2D eigenvalue weighted by Gasteiger charge is -2.15. The second-order valence-electron chi connectivity index (χ2n) is 8.79. The molecule has 0 saturated carbocycles. The Labute approximate surface area is 193 Å². The molecule has 170 valence electrons. The van der Waals surface area contributed by atoms with Gasteiger partial charge in [0.15, 0.2) is 5.65 Å². The summed E-state index contributed by atoms with van der Waals surface area (Å²) in [6.45, 7) is 3.33. The third-order valence-corrected chi connectivity index (χ3v) is 6.32. The van der Waals surface area contributed by atoms with E-state index in [4.69, 9.17) is 20.4 Å². The van der Waals surface area contributed by atoms with Gasteiger partial charge in [0.2, 0.25) is 0 Å². The van der Waals surface area contributed by atoms with Crippen LogP contribution in [0.5, 0.6) is 0 Å². The molecular weight excluding hydrogens is 414 g/mol. The minimum atomic E-state index is -0.214. The fraction of sp³-hybridized carbons (Fsp3) is 0.346. The number of para-hydroxylation sites is 2. The van der Waals surface area contributed by atoms with Gasteiger partial charge in [-0.2, -0.15) is 0 Å². The number of nitrogen functional groups attached to an aromatic ring is 1. The number of benzene rings is 2. The summed E-state index contributed by atoms with van der Waals surface area (Å²) >= 11 is 0. The van der Waals surface area contributed by atoms with Gasteiger partial charge < -0.3 is 20.4 Å². The van der Waals surface area contributed by atoms with Crippen molar-refractivity contribution in [3.05, 3.63) is 65.7 Å². The molecule has 2 aromatic carbocycles. The largest absolute Gasteiger partial charge is 0.384 e. The van der Waals surface area contributed by atoms with Gasteiger partial charge in [0.1, 0.15) is 16.9 Å². The van der Waals surface area contributed by atoms with Gasteiger partial charge in [-0.1, -0.05) is 42.5 Å². The van der Waals surface area contributed by atoms with Crippen molar-refractivity contribution >= 4 is 33.9 Å². The van der Waals surface area contributed by atoms with Gasteiger partial charge in [0.25, 0.3) is 5.91 Å². The zero-order valence-electron chi connectivity index (χ0n) is 18.8. The van der Waals surface area contributed by atoms with E-state index >= 15 is 0 Å². The summed E-state index contributed by atoms with van der Waals surface area (Å²) in [5.74, 6) is 0.178. The van der Waals surface area contributed by atoms with Crippen LogP contribution in [0.3, 0.4) is 0 Å². The molecule has 2 atom stereocenters. The number of carbonyl (C=O) groups is 1. The number of carbonyl (C=O) groups excluding carboxylic acids is 1. The molecule has 0 aliphatic carbocycles. The van der Waals surface area contributed by atoms with Crippen molar-refractivity contribution in [2.75, 3.05) is 12.3 Å². The van der Waals surface area contributed by atoms with E-state index in [9.17, 15) is 4.79 Å². The third-order valence-electron chi connectivity index (χ3n) is 6.32. The van der Waals surface area contributed by atoms with Crippen molar-refractivity contribution < 1.29 is 9.53 Å². The van der Waals surface area contributed by atoms with E-state index in [0.717, 1.165) is 43.3 Å². The topological polar surface area (TPSA) is 95.1 Å². The number of nitrogens with two attached hydrogens (primary N) is 1. The van der Waals surface area contributed by atoms with E-state index in [1.54, 1.807) is 0 Å². The van der Waals surface area contributed by atoms with Crippen molar-refractivity contribution in [2.24, 2.45) is 0 Å². The number of hydrogen-bond acceptors (Lipinski definition) is 5. The molecule has 1 fully saturated rings. The van der Waals surface area contributed by atoms with Gasteiger partial charge >= 0.3 is 0 Å². The van der Waals surface area contributed by atoms with E-state index < -0.39 is 0 Å². The Morgan fingerprint density at radius 1 is 1.15 bits per heavy atom. The molecule has 1 saturated heterocycles. The molecule has 7 nitrogen and oxygen atoms in total. The second-order valence-corrected chi connectivity index (χ2v) is 8.79. The zero-order valence-corrected chi connectivity index (χ0v) is 18.8. The Kier molecular flexibility index (Phi) is 5.96. The first-order valence-corrected chi connectivity index (χ1v) is 11.6. The molecule has 1 amide bonds. The molecule has 0 spiro atoms. The molecule has 3 N–H and O–H groups in total. The number of rotatable bonds is 7. The van der Waals surface area contributed by atoms with Crippen LogP contribution < -0.4 is 11.1 Å². The minimum absolute atomic E-state index is 0.0120. The van der Waals surface area contributed by atoms with Crippen LogP contribution in [-0.2, 0) is 17.7 Å². The van der Waals surface area contributed by atoms with Crippen molar-refractivity contribution in [3.63, 3.8) is 0 Å². The maximum atomic E-state index is 13.4. The van der Waals surface area contributed by atoms with Gasteiger partial charge in [0, 0.05) is 12.6 Å². The number of nitrogens with zero attached hydrogens (tertiary/aromatic N) is 3. The summed E-state index contributed by atoms with van der Waals surface area (Å²) in [5.41, 5.74) is 10.9. The number of ether oxygens (including phenoxy) is 1. The summed E-state index contributed by atoms with van der Waals surface area (Å²) in [4.78, 5) is 23.0. The summed E-state index contributed by atoms with van der Waals surface area (Å²) in [6, 6.07) is 17.9. The highest BCUT2D eigenvalue weighted by Crippen LogP contribution is 2.29. The van der Waals surface area contributed by atoms with E-state index in [-0.39, 0.29) is 18.1 Å². The third kappa shape index (κ3) is 4.41. The first kappa shape index (κ1) is 21.4. The molecule has 1 aliphatic rings. The number of aromatic nitrogens is 3. The van der Waals surface area contributed by atoms with Gasteiger partial charge in [-0.3, -0.25) is 4.79 Å². The molecular formula is C26H29N5O2. The summed E-state index contributed by atoms with van der Waals surface area (Å²) in [5, 5.41) is 3.12. The van der Waals surface area contributed by atoms with Crippen molar-refractivity contribution in [3.8, 4) is 0 Å². The molecule has 1 aliphatic heterocycles. The van der Waals surface area contributed by atoms with Crippen LogP contribution in [-0.4, -0.2) is 39.2 Å².